The normalized spacial score (nSPS) is 19.6. The van der Waals surface area contributed by atoms with Crippen molar-refractivity contribution >= 4 is 23.0 Å². The summed E-state index contributed by atoms with van der Waals surface area (Å²) in [5, 5.41) is 4.25. The second-order valence-electron chi connectivity index (χ2n) is 7.32. The van der Waals surface area contributed by atoms with Crippen LogP contribution in [0.25, 0.3) is 0 Å². The van der Waals surface area contributed by atoms with Crippen molar-refractivity contribution in [3.05, 3.63) is 83.9 Å². The summed E-state index contributed by atoms with van der Waals surface area (Å²) in [6, 6.07) is 17.2. The molecule has 0 amide bonds. The zero-order chi connectivity index (χ0) is 19.0. The molecule has 4 rings (SSSR count). The maximum atomic E-state index is 5.76. The minimum atomic E-state index is 0.00206. The Labute approximate surface area is 165 Å². The van der Waals surface area contributed by atoms with Crippen LogP contribution in [-0.4, -0.2) is 14.7 Å². The standard InChI is InChI=1S/C22H24N4S/c1-15(2)25-12-10-17(14-25)21-20(19-9-4-5-11-23-19)24-22(27)26(21)18-8-6-7-16(3)13-18/h4-15,20-21H,1-3H3,(H,24,27)/t20-,21+/m0/s1. The van der Waals surface area contributed by atoms with Crippen molar-refractivity contribution in [3.63, 3.8) is 0 Å². The summed E-state index contributed by atoms with van der Waals surface area (Å²) in [5.74, 6) is 0. The van der Waals surface area contributed by atoms with E-state index < -0.39 is 0 Å². The molecule has 2 aromatic heterocycles. The second-order valence-corrected chi connectivity index (χ2v) is 7.71. The SMILES string of the molecule is Cc1cccc(N2C(=S)N[C@@H](c3ccccn3)[C@H]2c2ccn(C(C)C)c2)c1. The third-order valence-electron chi connectivity index (χ3n) is 5.05. The Morgan fingerprint density at radius 1 is 1.11 bits per heavy atom. The minimum absolute atomic E-state index is 0.00206. The summed E-state index contributed by atoms with van der Waals surface area (Å²) >= 11 is 5.76. The number of nitrogens with zero attached hydrogens (tertiary/aromatic N) is 3. The topological polar surface area (TPSA) is 33.1 Å². The molecule has 4 nitrogen and oxygen atoms in total. The van der Waals surface area contributed by atoms with Crippen LogP contribution in [0.15, 0.2) is 67.1 Å². The number of anilines is 1. The van der Waals surface area contributed by atoms with Gasteiger partial charge in [-0.15, -0.1) is 0 Å². The average molecular weight is 377 g/mol. The summed E-state index contributed by atoms with van der Waals surface area (Å²) in [7, 11) is 0. The molecule has 0 bridgehead atoms. The molecule has 2 atom stereocenters. The van der Waals surface area contributed by atoms with Crippen molar-refractivity contribution < 1.29 is 0 Å². The summed E-state index contributed by atoms with van der Waals surface area (Å²) in [5.41, 5.74) is 4.55. The van der Waals surface area contributed by atoms with E-state index >= 15 is 0 Å². The molecule has 0 spiro atoms. The quantitative estimate of drug-likeness (QED) is 0.653. The number of aryl methyl sites for hydroxylation is 1. The van der Waals surface area contributed by atoms with E-state index in [0.717, 1.165) is 16.5 Å². The fourth-order valence-corrected chi connectivity index (χ4v) is 4.02. The molecule has 0 aliphatic carbocycles. The largest absolute Gasteiger partial charge is 0.351 e. The molecular weight excluding hydrogens is 352 g/mol. The first kappa shape index (κ1) is 17.7. The van der Waals surface area contributed by atoms with Crippen LogP contribution in [0.1, 0.15) is 48.8 Å². The highest BCUT2D eigenvalue weighted by molar-refractivity contribution is 7.80. The Balaban J connectivity index is 1.82. The van der Waals surface area contributed by atoms with Crippen LogP contribution >= 0.6 is 12.2 Å². The number of pyridine rings is 1. The summed E-state index contributed by atoms with van der Waals surface area (Å²) in [6.45, 7) is 6.49. The van der Waals surface area contributed by atoms with Gasteiger partial charge in [-0.05, 0) is 74.4 Å². The average Bonchev–Trinajstić information content (AvgIpc) is 3.27. The van der Waals surface area contributed by atoms with Gasteiger partial charge in [0, 0.05) is 30.3 Å². The number of thiocarbonyl (C=S) groups is 1. The van der Waals surface area contributed by atoms with Crippen molar-refractivity contribution in [2.24, 2.45) is 0 Å². The second kappa shape index (κ2) is 7.16. The zero-order valence-corrected chi connectivity index (χ0v) is 16.6. The van der Waals surface area contributed by atoms with Crippen LogP contribution in [0.5, 0.6) is 0 Å². The lowest BCUT2D eigenvalue weighted by atomic mass is 9.98. The monoisotopic (exact) mass is 376 g/mol. The Bertz CT molecular complexity index is 948. The van der Waals surface area contributed by atoms with Crippen LogP contribution in [0.4, 0.5) is 5.69 Å². The lowest BCUT2D eigenvalue weighted by Gasteiger charge is -2.27. The molecule has 0 radical (unpaired) electrons. The first-order valence-electron chi connectivity index (χ1n) is 9.29. The van der Waals surface area contributed by atoms with E-state index in [1.54, 1.807) is 0 Å². The van der Waals surface area contributed by atoms with Gasteiger partial charge in [0.25, 0.3) is 0 Å². The van der Waals surface area contributed by atoms with Gasteiger partial charge in [-0.25, -0.2) is 0 Å². The van der Waals surface area contributed by atoms with Crippen LogP contribution in [-0.2, 0) is 0 Å². The zero-order valence-electron chi connectivity index (χ0n) is 15.8. The molecule has 1 saturated heterocycles. The van der Waals surface area contributed by atoms with Gasteiger partial charge >= 0.3 is 0 Å². The molecule has 138 valence electrons. The number of aromatic nitrogens is 2. The van der Waals surface area contributed by atoms with Gasteiger partial charge in [-0.1, -0.05) is 18.2 Å². The molecule has 3 aromatic rings. The third kappa shape index (κ3) is 3.35. The Kier molecular flexibility index (Phi) is 4.70. The fraction of sp³-hybridized carbons (Fsp3) is 0.273. The van der Waals surface area contributed by atoms with E-state index in [9.17, 15) is 0 Å². The summed E-state index contributed by atoms with van der Waals surface area (Å²) < 4.78 is 2.24. The molecule has 1 aromatic carbocycles. The van der Waals surface area contributed by atoms with Gasteiger partial charge in [0.15, 0.2) is 5.11 Å². The molecule has 27 heavy (non-hydrogen) atoms. The van der Waals surface area contributed by atoms with Gasteiger partial charge < -0.3 is 14.8 Å². The number of rotatable bonds is 4. The smallest absolute Gasteiger partial charge is 0.174 e. The van der Waals surface area contributed by atoms with Crippen LogP contribution in [0.3, 0.4) is 0 Å². The van der Waals surface area contributed by atoms with Crippen LogP contribution in [0, 0.1) is 6.92 Å². The van der Waals surface area contributed by atoms with E-state index in [0.29, 0.717) is 6.04 Å². The highest BCUT2D eigenvalue weighted by Crippen LogP contribution is 2.41. The molecule has 1 N–H and O–H groups in total. The Morgan fingerprint density at radius 2 is 1.96 bits per heavy atom. The number of nitrogens with one attached hydrogen (secondary N) is 1. The van der Waals surface area contributed by atoms with E-state index in [2.05, 4.69) is 89.3 Å². The van der Waals surface area contributed by atoms with Gasteiger partial charge in [-0.2, -0.15) is 0 Å². The first-order valence-corrected chi connectivity index (χ1v) is 9.70. The lowest BCUT2D eigenvalue weighted by molar-refractivity contribution is 0.560. The molecule has 1 aliphatic heterocycles. The van der Waals surface area contributed by atoms with Gasteiger partial charge in [0.05, 0.1) is 17.8 Å². The van der Waals surface area contributed by atoms with Gasteiger partial charge in [0.1, 0.15) is 0 Å². The van der Waals surface area contributed by atoms with E-state index in [-0.39, 0.29) is 12.1 Å². The molecule has 3 heterocycles. The maximum absolute atomic E-state index is 5.76. The van der Waals surface area contributed by atoms with Crippen molar-refractivity contribution in [1.29, 1.82) is 0 Å². The predicted octanol–water partition coefficient (Wildman–Crippen LogP) is 4.95. The summed E-state index contributed by atoms with van der Waals surface area (Å²) in [4.78, 5) is 6.83. The predicted molar refractivity (Wildman–Crippen MR) is 114 cm³/mol. The van der Waals surface area contributed by atoms with Gasteiger partial charge in [-0.3, -0.25) is 4.98 Å². The van der Waals surface area contributed by atoms with Crippen molar-refractivity contribution in [2.75, 3.05) is 4.90 Å². The first-order chi connectivity index (χ1) is 13.0. The molecule has 0 saturated carbocycles. The fourth-order valence-electron chi connectivity index (χ4n) is 3.68. The van der Waals surface area contributed by atoms with Crippen molar-refractivity contribution in [2.45, 2.75) is 38.9 Å². The van der Waals surface area contributed by atoms with E-state index in [1.807, 2.05) is 18.3 Å². The van der Waals surface area contributed by atoms with Crippen LogP contribution in [0.2, 0.25) is 0 Å². The highest BCUT2D eigenvalue weighted by Gasteiger charge is 2.41. The van der Waals surface area contributed by atoms with Crippen LogP contribution < -0.4 is 10.2 Å². The molecular formula is C22H24N4S. The van der Waals surface area contributed by atoms with Crippen molar-refractivity contribution in [1.82, 2.24) is 14.9 Å². The minimum Gasteiger partial charge on any atom is -0.351 e. The number of benzene rings is 1. The lowest BCUT2D eigenvalue weighted by Crippen LogP contribution is -2.29. The van der Waals surface area contributed by atoms with Gasteiger partial charge in [0.2, 0.25) is 0 Å². The molecule has 0 unspecified atom stereocenters. The highest BCUT2D eigenvalue weighted by atomic mass is 32.1. The number of hydrogen-bond donors (Lipinski definition) is 1. The Morgan fingerprint density at radius 3 is 2.63 bits per heavy atom. The molecule has 5 heteroatoms. The Hall–Kier alpha value is -2.66. The molecule has 1 aliphatic rings. The number of hydrogen-bond acceptors (Lipinski definition) is 2. The summed E-state index contributed by atoms with van der Waals surface area (Å²) in [6.07, 6.45) is 6.21. The third-order valence-corrected chi connectivity index (χ3v) is 5.37. The van der Waals surface area contributed by atoms with E-state index in [1.165, 1.54) is 11.1 Å². The van der Waals surface area contributed by atoms with E-state index in [4.69, 9.17) is 12.2 Å². The maximum Gasteiger partial charge on any atom is 0.174 e. The molecule has 1 fully saturated rings. The van der Waals surface area contributed by atoms with Crippen molar-refractivity contribution in [3.8, 4) is 0 Å².